The highest BCUT2D eigenvalue weighted by molar-refractivity contribution is 7.80. The maximum atomic E-state index is 12.9. The van der Waals surface area contributed by atoms with E-state index in [1.54, 1.807) is 0 Å². The summed E-state index contributed by atoms with van der Waals surface area (Å²) in [5.74, 6) is -1.35. The second-order valence-corrected chi connectivity index (χ2v) is 6.13. The van der Waals surface area contributed by atoms with Gasteiger partial charge in [0.25, 0.3) is 11.8 Å². The molecule has 2 heterocycles. The minimum absolute atomic E-state index is 0.0972. The standard InChI is InChI=1S/C16H9ClF3N3O2S/c17-11-3-1-7(16(18,19)20)5-9(11)12-4-2-8(21-12)6-10-13(24)22-15(26)23-14(10)25/h1-6,21H,(H2,22,23,24,25,26). The molecule has 1 saturated heterocycles. The Bertz CT molecular complexity index is 944. The number of amides is 2. The molecule has 1 aromatic carbocycles. The highest BCUT2D eigenvalue weighted by Gasteiger charge is 2.31. The highest BCUT2D eigenvalue weighted by Crippen LogP contribution is 2.35. The lowest BCUT2D eigenvalue weighted by Gasteiger charge is -2.15. The summed E-state index contributed by atoms with van der Waals surface area (Å²) in [5, 5.41) is 4.59. The summed E-state index contributed by atoms with van der Waals surface area (Å²) < 4.78 is 38.7. The molecule has 134 valence electrons. The van der Waals surface area contributed by atoms with Gasteiger partial charge in [0.1, 0.15) is 5.57 Å². The van der Waals surface area contributed by atoms with Gasteiger partial charge < -0.3 is 4.98 Å². The second kappa shape index (κ2) is 6.58. The first-order valence-corrected chi connectivity index (χ1v) is 7.88. The quantitative estimate of drug-likeness (QED) is 0.412. The molecule has 5 nitrogen and oxygen atoms in total. The molecule has 1 aromatic heterocycles. The molecule has 0 unspecified atom stereocenters. The second-order valence-electron chi connectivity index (χ2n) is 5.32. The van der Waals surface area contributed by atoms with E-state index in [1.807, 2.05) is 0 Å². The summed E-state index contributed by atoms with van der Waals surface area (Å²) in [7, 11) is 0. The number of carbonyl (C=O) groups is 2. The van der Waals surface area contributed by atoms with E-state index in [-0.39, 0.29) is 21.3 Å². The normalized spacial score (nSPS) is 14.9. The van der Waals surface area contributed by atoms with Gasteiger partial charge in [-0.25, -0.2) is 0 Å². The topological polar surface area (TPSA) is 74.0 Å². The first-order valence-electron chi connectivity index (χ1n) is 7.09. The number of rotatable bonds is 2. The monoisotopic (exact) mass is 399 g/mol. The number of hydrogen-bond acceptors (Lipinski definition) is 3. The van der Waals surface area contributed by atoms with Crippen molar-refractivity contribution in [2.24, 2.45) is 0 Å². The molecule has 2 amide bonds. The van der Waals surface area contributed by atoms with Crippen LogP contribution in [0.25, 0.3) is 17.3 Å². The van der Waals surface area contributed by atoms with Crippen molar-refractivity contribution in [2.45, 2.75) is 6.18 Å². The Hall–Kier alpha value is -2.65. The molecular formula is C16H9ClF3N3O2S. The summed E-state index contributed by atoms with van der Waals surface area (Å²) in [6.45, 7) is 0. The van der Waals surface area contributed by atoms with Crippen LogP contribution < -0.4 is 10.6 Å². The van der Waals surface area contributed by atoms with E-state index >= 15 is 0 Å². The predicted octanol–water partition coefficient (Wildman–Crippen LogP) is 3.27. The van der Waals surface area contributed by atoms with Gasteiger partial charge in [-0.1, -0.05) is 11.6 Å². The summed E-state index contributed by atoms with van der Waals surface area (Å²) in [6.07, 6.45) is -3.25. The fourth-order valence-corrected chi connectivity index (χ4v) is 2.73. The van der Waals surface area contributed by atoms with E-state index < -0.39 is 23.6 Å². The maximum Gasteiger partial charge on any atom is 0.416 e. The van der Waals surface area contributed by atoms with E-state index in [1.165, 1.54) is 18.2 Å². The number of aromatic nitrogens is 1. The Kier molecular flexibility index (Phi) is 4.59. The van der Waals surface area contributed by atoms with Crippen LogP contribution in [0.15, 0.2) is 35.9 Å². The van der Waals surface area contributed by atoms with Gasteiger partial charge in [-0.15, -0.1) is 0 Å². The Morgan fingerprint density at radius 1 is 1.04 bits per heavy atom. The van der Waals surface area contributed by atoms with Gasteiger partial charge in [0.2, 0.25) is 0 Å². The Labute approximate surface area is 155 Å². The maximum absolute atomic E-state index is 12.9. The van der Waals surface area contributed by atoms with Crippen molar-refractivity contribution in [3.8, 4) is 11.3 Å². The van der Waals surface area contributed by atoms with Gasteiger partial charge in [-0.2, -0.15) is 13.2 Å². The SMILES string of the molecule is O=C1NC(=S)NC(=O)C1=Cc1ccc(-c2cc(C(F)(F)F)ccc2Cl)[nH]1. The Morgan fingerprint density at radius 2 is 1.69 bits per heavy atom. The molecule has 0 atom stereocenters. The van der Waals surface area contributed by atoms with Gasteiger partial charge in [0, 0.05) is 22.0 Å². The number of halogens is 4. The van der Waals surface area contributed by atoms with Gasteiger partial charge in [0.05, 0.1) is 5.56 Å². The molecule has 1 aliphatic rings. The molecule has 0 bridgehead atoms. The van der Waals surface area contributed by atoms with E-state index in [4.69, 9.17) is 23.8 Å². The average Bonchev–Trinajstić information content (AvgIpc) is 2.98. The third-order valence-electron chi connectivity index (χ3n) is 3.54. The van der Waals surface area contributed by atoms with Gasteiger partial charge >= 0.3 is 6.18 Å². The molecule has 1 fully saturated rings. The van der Waals surface area contributed by atoms with Crippen molar-refractivity contribution in [3.05, 3.63) is 52.2 Å². The smallest absolute Gasteiger partial charge is 0.355 e. The van der Waals surface area contributed by atoms with Crippen LogP contribution in [-0.4, -0.2) is 21.9 Å². The molecule has 2 aromatic rings. The zero-order valence-electron chi connectivity index (χ0n) is 12.7. The van der Waals surface area contributed by atoms with Crippen LogP contribution in [-0.2, 0) is 15.8 Å². The van der Waals surface area contributed by atoms with Crippen molar-refractivity contribution >= 4 is 46.8 Å². The molecule has 10 heteroatoms. The lowest BCUT2D eigenvalue weighted by atomic mass is 10.1. The van der Waals surface area contributed by atoms with E-state index in [0.29, 0.717) is 11.4 Å². The molecule has 3 N–H and O–H groups in total. The molecular weight excluding hydrogens is 391 g/mol. The van der Waals surface area contributed by atoms with E-state index in [2.05, 4.69) is 15.6 Å². The minimum Gasteiger partial charge on any atom is -0.355 e. The molecule has 0 spiro atoms. The summed E-state index contributed by atoms with van der Waals surface area (Å²) in [6, 6.07) is 5.96. The summed E-state index contributed by atoms with van der Waals surface area (Å²) >= 11 is 10.7. The van der Waals surface area contributed by atoms with Gasteiger partial charge in [-0.3, -0.25) is 20.2 Å². The number of H-pyrrole nitrogens is 1. The molecule has 1 aliphatic heterocycles. The number of alkyl halides is 3. The molecule has 0 saturated carbocycles. The third-order valence-corrected chi connectivity index (χ3v) is 4.07. The summed E-state index contributed by atoms with van der Waals surface area (Å²) in [5.41, 5.74) is -0.250. The fourth-order valence-electron chi connectivity index (χ4n) is 2.32. The van der Waals surface area contributed by atoms with Crippen LogP contribution in [0.5, 0.6) is 0 Å². The van der Waals surface area contributed by atoms with E-state index in [0.717, 1.165) is 18.2 Å². The van der Waals surface area contributed by atoms with Gasteiger partial charge in [0.15, 0.2) is 5.11 Å². The summed E-state index contributed by atoms with van der Waals surface area (Å²) in [4.78, 5) is 26.5. The molecule has 0 radical (unpaired) electrons. The average molecular weight is 400 g/mol. The molecule has 3 rings (SSSR count). The van der Waals surface area contributed by atoms with Crippen LogP contribution >= 0.6 is 23.8 Å². The predicted molar refractivity (Wildman–Crippen MR) is 93.1 cm³/mol. The Balaban J connectivity index is 1.96. The fraction of sp³-hybridized carbons (Fsp3) is 0.0625. The number of hydrogen-bond donors (Lipinski definition) is 3. The Morgan fingerprint density at radius 3 is 2.31 bits per heavy atom. The molecule has 0 aliphatic carbocycles. The zero-order valence-corrected chi connectivity index (χ0v) is 14.3. The third kappa shape index (κ3) is 3.63. The van der Waals surface area contributed by atoms with Crippen molar-refractivity contribution in [2.75, 3.05) is 0 Å². The lowest BCUT2D eigenvalue weighted by Crippen LogP contribution is -2.51. The number of aromatic amines is 1. The number of thiocarbonyl (C=S) groups is 1. The van der Waals surface area contributed by atoms with Gasteiger partial charge in [-0.05, 0) is 48.6 Å². The number of benzene rings is 1. The van der Waals surface area contributed by atoms with E-state index in [9.17, 15) is 22.8 Å². The van der Waals surface area contributed by atoms with Crippen LogP contribution in [0, 0.1) is 0 Å². The van der Waals surface area contributed by atoms with Crippen LogP contribution in [0.4, 0.5) is 13.2 Å². The highest BCUT2D eigenvalue weighted by atomic mass is 35.5. The first kappa shape index (κ1) is 18.2. The van der Waals surface area contributed by atoms with Crippen LogP contribution in [0.3, 0.4) is 0 Å². The minimum atomic E-state index is -4.51. The zero-order chi connectivity index (χ0) is 19.1. The van der Waals surface area contributed by atoms with Crippen LogP contribution in [0.1, 0.15) is 11.3 Å². The van der Waals surface area contributed by atoms with Crippen LogP contribution in [0.2, 0.25) is 5.02 Å². The lowest BCUT2D eigenvalue weighted by molar-refractivity contribution is -0.137. The van der Waals surface area contributed by atoms with Crippen molar-refractivity contribution in [1.82, 2.24) is 15.6 Å². The molecule has 26 heavy (non-hydrogen) atoms. The van der Waals surface area contributed by atoms with Crippen molar-refractivity contribution < 1.29 is 22.8 Å². The van der Waals surface area contributed by atoms with Crippen molar-refractivity contribution in [3.63, 3.8) is 0 Å². The number of carbonyl (C=O) groups excluding carboxylic acids is 2. The first-order chi connectivity index (χ1) is 12.1. The number of nitrogens with one attached hydrogen (secondary N) is 3. The van der Waals surface area contributed by atoms with Crippen molar-refractivity contribution in [1.29, 1.82) is 0 Å². The largest absolute Gasteiger partial charge is 0.416 e.